The highest BCUT2D eigenvalue weighted by molar-refractivity contribution is 6.83. The van der Waals surface area contributed by atoms with Crippen molar-refractivity contribution >= 4 is 19.8 Å². The van der Waals surface area contributed by atoms with Gasteiger partial charge in [-0.1, -0.05) is 70.3 Å². The molecule has 0 radical (unpaired) electrons. The monoisotopic (exact) mass is 434 g/mol. The Kier molecular flexibility index (Phi) is 11.7. The minimum absolute atomic E-state index is 0.0810. The molecule has 1 unspecified atom stereocenters. The van der Waals surface area contributed by atoms with Crippen LogP contribution in [-0.2, 0) is 9.59 Å². The second-order valence-electron chi connectivity index (χ2n) is 9.89. The highest BCUT2D eigenvalue weighted by Gasteiger charge is 2.32. The SMILES string of the molecule is CCCCC(O)(C#C[Si](C)(C)C)CC=C[C@H]1CCC(=O)[C@@H]1CCCCCCC(=O)O. The number of unbranched alkanes of at least 4 members (excludes halogenated alkanes) is 4. The molecule has 0 amide bonds. The fraction of sp³-hybridized carbons (Fsp3) is 0.760. The molecule has 0 spiro atoms. The van der Waals surface area contributed by atoms with Crippen molar-refractivity contribution in [3.05, 3.63) is 12.2 Å². The number of carboxylic acid groups (broad SMARTS) is 1. The van der Waals surface area contributed by atoms with Crippen LogP contribution in [0, 0.1) is 23.3 Å². The molecule has 4 nitrogen and oxygen atoms in total. The van der Waals surface area contributed by atoms with Gasteiger partial charge in [0.05, 0.1) is 0 Å². The van der Waals surface area contributed by atoms with Gasteiger partial charge in [-0.3, -0.25) is 9.59 Å². The van der Waals surface area contributed by atoms with Gasteiger partial charge in [0, 0.05) is 25.2 Å². The predicted octanol–water partition coefficient (Wildman–Crippen LogP) is 5.76. The van der Waals surface area contributed by atoms with Crippen LogP contribution in [0.4, 0.5) is 0 Å². The third kappa shape index (κ3) is 11.1. The van der Waals surface area contributed by atoms with Crippen LogP contribution >= 0.6 is 0 Å². The Bertz CT molecular complexity index is 638. The lowest BCUT2D eigenvalue weighted by Gasteiger charge is -2.22. The molecule has 1 rings (SSSR count). The molecule has 0 aromatic carbocycles. The highest BCUT2D eigenvalue weighted by atomic mass is 28.3. The second kappa shape index (κ2) is 13.1. The van der Waals surface area contributed by atoms with Crippen molar-refractivity contribution in [3.63, 3.8) is 0 Å². The number of aliphatic hydroxyl groups is 1. The molecular formula is C25H42O4Si. The number of carboxylic acids is 1. The summed E-state index contributed by atoms with van der Waals surface area (Å²) in [5, 5.41) is 19.7. The summed E-state index contributed by atoms with van der Waals surface area (Å²) in [5.74, 6) is 3.15. The van der Waals surface area contributed by atoms with Gasteiger partial charge in [-0.2, -0.15) is 0 Å². The van der Waals surface area contributed by atoms with Crippen molar-refractivity contribution < 1.29 is 19.8 Å². The Hall–Kier alpha value is -1.38. The van der Waals surface area contributed by atoms with Crippen molar-refractivity contribution in [2.24, 2.45) is 11.8 Å². The molecule has 0 aliphatic heterocycles. The standard InChI is InChI=1S/C25H42O4Si/c1-5-6-17-25(29,19-20-30(2,3)4)18-11-12-21-15-16-23(26)22(21)13-9-7-8-10-14-24(27)28/h11-12,21-22,29H,5-10,13-18H2,1-4H3,(H,27,28)/t21-,22+,25?/m0/s1. The van der Waals surface area contributed by atoms with E-state index in [9.17, 15) is 14.7 Å². The summed E-state index contributed by atoms with van der Waals surface area (Å²) in [7, 11) is -1.54. The summed E-state index contributed by atoms with van der Waals surface area (Å²) < 4.78 is 0. The first-order valence-electron chi connectivity index (χ1n) is 11.7. The molecule has 2 N–H and O–H groups in total. The molecule has 170 valence electrons. The molecule has 3 atom stereocenters. The van der Waals surface area contributed by atoms with E-state index in [2.05, 4.69) is 50.2 Å². The zero-order valence-electron chi connectivity index (χ0n) is 19.5. The molecule has 1 aliphatic rings. The number of hydrogen-bond acceptors (Lipinski definition) is 3. The van der Waals surface area contributed by atoms with Gasteiger partial charge >= 0.3 is 5.97 Å². The third-order valence-corrected chi connectivity index (χ3v) is 6.64. The molecule has 0 heterocycles. The van der Waals surface area contributed by atoms with Crippen molar-refractivity contribution in [1.82, 2.24) is 0 Å². The minimum atomic E-state index is -1.54. The van der Waals surface area contributed by atoms with Crippen LogP contribution in [0.25, 0.3) is 0 Å². The second-order valence-corrected chi connectivity index (χ2v) is 14.6. The predicted molar refractivity (Wildman–Crippen MR) is 126 cm³/mol. The fourth-order valence-corrected chi connectivity index (χ4v) is 4.57. The number of Topliss-reactive ketones (excluding diaryl/α,β-unsaturated/α-hetero) is 1. The lowest BCUT2D eigenvalue weighted by molar-refractivity contribution is -0.137. The minimum Gasteiger partial charge on any atom is -0.481 e. The van der Waals surface area contributed by atoms with Crippen LogP contribution in [0.3, 0.4) is 0 Å². The van der Waals surface area contributed by atoms with Crippen molar-refractivity contribution in [1.29, 1.82) is 0 Å². The number of carbonyl (C=O) groups excluding carboxylic acids is 1. The first-order valence-corrected chi connectivity index (χ1v) is 15.2. The van der Waals surface area contributed by atoms with E-state index in [0.717, 1.165) is 44.9 Å². The third-order valence-electron chi connectivity index (χ3n) is 5.76. The van der Waals surface area contributed by atoms with E-state index in [1.807, 2.05) is 0 Å². The van der Waals surface area contributed by atoms with Gasteiger partial charge in [0.15, 0.2) is 0 Å². The summed E-state index contributed by atoms with van der Waals surface area (Å²) >= 11 is 0. The highest BCUT2D eigenvalue weighted by Crippen LogP contribution is 2.34. The Labute approximate surface area is 184 Å². The zero-order valence-corrected chi connectivity index (χ0v) is 20.5. The maximum absolute atomic E-state index is 12.3. The number of hydrogen-bond donors (Lipinski definition) is 2. The van der Waals surface area contributed by atoms with E-state index in [1.165, 1.54) is 0 Å². The normalized spacial score (nSPS) is 21.4. The molecule has 0 bridgehead atoms. The van der Waals surface area contributed by atoms with Crippen LogP contribution in [0.15, 0.2) is 12.2 Å². The zero-order chi connectivity index (χ0) is 22.6. The van der Waals surface area contributed by atoms with E-state index in [0.29, 0.717) is 31.5 Å². The number of aliphatic carboxylic acids is 1. The Morgan fingerprint density at radius 3 is 2.53 bits per heavy atom. The molecular weight excluding hydrogens is 392 g/mol. The van der Waals surface area contributed by atoms with Gasteiger partial charge in [0.1, 0.15) is 19.5 Å². The molecule has 5 heteroatoms. The topological polar surface area (TPSA) is 74.6 Å². The Morgan fingerprint density at radius 2 is 1.90 bits per heavy atom. The van der Waals surface area contributed by atoms with Crippen molar-refractivity contribution in [2.45, 2.75) is 109 Å². The van der Waals surface area contributed by atoms with Gasteiger partial charge in [-0.05, 0) is 38.0 Å². The van der Waals surface area contributed by atoms with Crippen molar-refractivity contribution in [3.8, 4) is 11.5 Å². The molecule has 1 aliphatic carbocycles. The number of allylic oxidation sites excluding steroid dienone is 1. The summed E-state index contributed by atoms with van der Waals surface area (Å²) in [5.41, 5.74) is 2.37. The average Bonchev–Trinajstić information content (AvgIpc) is 3.00. The van der Waals surface area contributed by atoms with Gasteiger partial charge in [0.25, 0.3) is 0 Å². The molecule has 1 fully saturated rings. The van der Waals surface area contributed by atoms with E-state index in [1.54, 1.807) is 0 Å². The average molecular weight is 435 g/mol. The van der Waals surface area contributed by atoms with Gasteiger partial charge in [0.2, 0.25) is 0 Å². The largest absolute Gasteiger partial charge is 0.481 e. The van der Waals surface area contributed by atoms with Crippen LogP contribution in [0.2, 0.25) is 19.6 Å². The maximum atomic E-state index is 12.3. The number of ketones is 1. The molecule has 0 aromatic rings. The first kappa shape index (κ1) is 26.7. The van der Waals surface area contributed by atoms with E-state index in [-0.39, 0.29) is 18.3 Å². The summed E-state index contributed by atoms with van der Waals surface area (Å²) in [6, 6.07) is 0. The van der Waals surface area contributed by atoms with E-state index in [4.69, 9.17) is 5.11 Å². The molecule has 0 saturated heterocycles. The number of rotatable bonds is 13. The molecule has 1 saturated carbocycles. The molecule has 30 heavy (non-hydrogen) atoms. The van der Waals surface area contributed by atoms with E-state index < -0.39 is 19.6 Å². The van der Waals surface area contributed by atoms with Crippen LogP contribution in [0.1, 0.15) is 84.0 Å². The summed E-state index contributed by atoms with van der Waals surface area (Å²) in [4.78, 5) is 22.9. The fourth-order valence-electron chi connectivity index (χ4n) is 3.96. The Morgan fingerprint density at radius 1 is 1.20 bits per heavy atom. The quantitative estimate of drug-likeness (QED) is 0.167. The van der Waals surface area contributed by atoms with Crippen LogP contribution in [-0.4, -0.2) is 35.6 Å². The lowest BCUT2D eigenvalue weighted by atomic mass is 9.88. The van der Waals surface area contributed by atoms with Gasteiger partial charge in [-0.25, -0.2) is 0 Å². The van der Waals surface area contributed by atoms with Crippen LogP contribution in [0.5, 0.6) is 0 Å². The Balaban J connectivity index is 2.60. The first-order chi connectivity index (χ1) is 14.1. The van der Waals surface area contributed by atoms with Gasteiger partial charge < -0.3 is 10.2 Å². The van der Waals surface area contributed by atoms with E-state index >= 15 is 0 Å². The summed E-state index contributed by atoms with van der Waals surface area (Å²) in [6.45, 7) is 8.68. The smallest absolute Gasteiger partial charge is 0.303 e. The summed E-state index contributed by atoms with van der Waals surface area (Å²) in [6.07, 6.45) is 13.6. The van der Waals surface area contributed by atoms with Crippen molar-refractivity contribution in [2.75, 3.05) is 0 Å². The number of carbonyl (C=O) groups is 2. The van der Waals surface area contributed by atoms with Gasteiger partial charge in [-0.15, -0.1) is 5.54 Å². The maximum Gasteiger partial charge on any atom is 0.303 e. The lowest BCUT2D eigenvalue weighted by Crippen LogP contribution is -2.28. The van der Waals surface area contributed by atoms with Crippen LogP contribution < -0.4 is 0 Å². The molecule has 0 aromatic heterocycles.